The highest BCUT2D eigenvalue weighted by atomic mass is 35.5. The van der Waals surface area contributed by atoms with Crippen molar-refractivity contribution < 1.29 is 9.53 Å². The van der Waals surface area contributed by atoms with E-state index in [0.717, 1.165) is 0 Å². The summed E-state index contributed by atoms with van der Waals surface area (Å²) in [6.07, 6.45) is 0. The van der Waals surface area contributed by atoms with Gasteiger partial charge in [0.05, 0.1) is 23.2 Å². The SMILES string of the molecule is COc1ccc(NC(=O)c2ccc3[nH]c(=O)c(=O)[nH]c3c2)cc1Cl. The number of amides is 1. The minimum atomic E-state index is -0.776. The lowest BCUT2D eigenvalue weighted by Gasteiger charge is -2.08. The molecule has 0 spiro atoms. The second kappa shape index (κ2) is 6.21. The maximum absolute atomic E-state index is 12.3. The van der Waals surface area contributed by atoms with Gasteiger partial charge < -0.3 is 20.0 Å². The van der Waals surface area contributed by atoms with Crippen molar-refractivity contribution in [2.24, 2.45) is 0 Å². The number of methoxy groups -OCH3 is 1. The molecule has 3 rings (SSSR count). The van der Waals surface area contributed by atoms with Crippen molar-refractivity contribution in [1.82, 2.24) is 9.97 Å². The highest BCUT2D eigenvalue weighted by Crippen LogP contribution is 2.27. The molecule has 2 aromatic carbocycles. The number of ether oxygens (including phenoxy) is 1. The van der Waals surface area contributed by atoms with Crippen LogP contribution in [0, 0.1) is 0 Å². The Morgan fingerprint density at radius 2 is 1.75 bits per heavy atom. The molecule has 1 amide bonds. The van der Waals surface area contributed by atoms with Gasteiger partial charge in [-0.15, -0.1) is 0 Å². The van der Waals surface area contributed by atoms with E-state index >= 15 is 0 Å². The van der Waals surface area contributed by atoms with Crippen LogP contribution in [0.5, 0.6) is 5.75 Å². The van der Waals surface area contributed by atoms with Crippen LogP contribution in [0.15, 0.2) is 46.0 Å². The minimum Gasteiger partial charge on any atom is -0.495 e. The Bertz CT molecular complexity index is 1060. The first-order valence-electron chi connectivity index (χ1n) is 6.89. The zero-order valence-corrected chi connectivity index (χ0v) is 13.2. The molecule has 0 aliphatic heterocycles. The Morgan fingerprint density at radius 1 is 1.04 bits per heavy atom. The Labute approximate surface area is 140 Å². The summed E-state index contributed by atoms with van der Waals surface area (Å²) >= 11 is 6.02. The summed E-state index contributed by atoms with van der Waals surface area (Å²) in [5.41, 5.74) is 0.0937. The number of fused-ring (bicyclic) bond motifs is 1. The summed E-state index contributed by atoms with van der Waals surface area (Å²) in [6.45, 7) is 0. The summed E-state index contributed by atoms with van der Waals surface area (Å²) in [7, 11) is 1.50. The number of carbonyl (C=O) groups is 1. The fourth-order valence-corrected chi connectivity index (χ4v) is 2.46. The molecule has 3 aromatic rings. The van der Waals surface area contributed by atoms with Crippen molar-refractivity contribution in [1.29, 1.82) is 0 Å². The highest BCUT2D eigenvalue weighted by Gasteiger charge is 2.10. The molecule has 3 N–H and O–H groups in total. The largest absolute Gasteiger partial charge is 0.495 e. The third kappa shape index (κ3) is 3.02. The van der Waals surface area contributed by atoms with Gasteiger partial charge in [-0.25, -0.2) is 0 Å². The lowest BCUT2D eigenvalue weighted by atomic mass is 10.1. The number of hydrogen-bond acceptors (Lipinski definition) is 4. The predicted molar refractivity (Wildman–Crippen MR) is 91.1 cm³/mol. The van der Waals surface area contributed by atoms with Gasteiger partial charge in [0.15, 0.2) is 0 Å². The van der Waals surface area contributed by atoms with Crippen molar-refractivity contribution in [2.75, 3.05) is 12.4 Å². The second-order valence-corrected chi connectivity index (χ2v) is 5.38. The average Bonchev–Trinajstić information content (AvgIpc) is 2.55. The zero-order chi connectivity index (χ0) is 17.3. The number of H-pyrrole nitrogens is 2. The van der Waals surface area contributed by atoms with Crippen LogP contribution in [0.4, 0.5) is 5.69 Å². The molecule has 0 unspecified atom stereocenters. The monoisotopic (exact) mass is 345 g/mol. The summed E-state index contributed by atoms with van der Waals surface area (Å²) in [5, 5.41) is 3.07. The van der Waals surface area contributed by atoms with E-state index in [-0.39, 0.29) is 5.91 Å². The normalized spacial score (nSPS) is 10.6. The van der Waals surface area contributed by atoms with Crippen LogP contribution in [0.25, 0.3) is 11.0 Å². The van der Waals surface area contributed by atoms with Gasteiger partial charge in [-0.05, 0) is 36.4 Å². The number of anilines is 1. The van der Waals surface area contributed by atoms with Gasteiger partial charge in [0.2, 0.25) is 0 Å². The molecule has 0 radical (unpaired) electrons. The molecule has 8 heteroatoms. The van der Waals surface area contributed by atoms with E-state index in [1.807, 2.05) is 0 Å². The Kier molecular flexibility index (Phi) is 4.09. The molecule has 0 fully saturated rings. The number of hydrogen-bond donors (Lipinski definition) is 3. The number of nitrogens with one attached hydrogen (secondary N) is 3. The first-order chi connectivity index (χ1) is 11.5. The third-order valence-electron chi connectivity index (χ3n) is 3.39. The molecular weight excluding hydrogens is 334 g/mol. The number of aromatic amines is 2. The first-order valence-corrected chi connectivity index (χ1v) is 7.27. The van der Waals surface area contributed by atoms with Crippen molar-refractivity contribution in [2.45, 2.75) is 0 Å². The topological polar surface area (TPSA) is 104 Å². The van der Waals surface area contributed by atoms with Crippen LogP contribution in [0.3, 0.4) is 0 Å². The van der Waals surface area contributed by atoms with Crippen LogP contribution in [0.1, 0.15) is 10.4 Å². The molecule has 24 heavy (non-hydrogen) atoms. The van der Waals surface area contributed by atoms with Gasteiger partial charge in [0.25, 0.3) is 5.91 Å². The van der Waals surface area contributed by atoms with Crippen LogP contribution >= 0.6 is 11.6 Å². The predicted octanol–water partition coefficient (Wildman–Crippen LogP) is 2.13. The molecule has 0 atom stereocenters. The molecule has 1 aromatic heterocycles. The lowest BCUT2D eigenvalue weighted by molar-refractivity contribution is 0.102. The van der Waals surface area contributed by atoms with E-state index < -0.39 is 11.1 Å². The Balaban J connectivity index is 1.91. The smallest absolute Gasteiger partial charge is 0.314 e. The molecule has 1 heterocycles. The Morgan fingerprint density at radius 3 is 2.42 bits per heavy atom. The van der Waals surface area contributed by atoms with Gasteiger partial charge in [0, 0.05) is 11.3 Å². The summed E-state index contributed by atoms with van der Waals surface area (Å²) in [4.78, 5) is 39.8. The van der Waals surface area contributed by atoms with E-state index in [9.17, 15) is 14.4 Å². The summed E-state index contributed by atoms with van der Waals surface area (Å²) in [5.74, 6) is 0.118. The molecule has 0 saturated heterocycles. The fourth-order valence-electron chi connectivity index (χ4n) is 2.20. The van der Waals surface area contributed by atoms with Crippen LogP contribution in [-0.2, 0) is 0 Å². The summed E-state index contributed by atoms with van der Waals surface area (Å²) < 4.78 is 5.05. The number of benzene rings is 2. The number of carbonyl (C=O) groups excluding carboxylic acids is 1. The van der Waals surface area contributed by atoms with Gasteiger partial charge in [-0.1, -0.05) is 11.6 Å². The molecule has 0 aliphatic carbocycles. The summed E-state index contributed by atoms with van der Waals surface area (Å²) in [6, 6.07) is 9.43. The fraction of sp³-hybridized carbons (Fsp3) is 0.0625. The van der Waals surface area contributed by atoms with Crippen molar-refractivity contribution in [3.8, 4) is 5.75 Å². The van der Waals surface area contributed by atoms with Gasteiger partial charge >= 0.3 is 11.1 Å². The van der Waals surface area contributed by atoms with E-state index in [1.54, 1.807) is 24.3 Å². The van der Waals surface area contributed by atoms with Crippen LogP contribution in [-0.4, -0.2) is 23.0 Å². The number of halogens is 1. The minimum absolute atomic E-state index is 0.317. The quantitative estimate of drug-likeness (QED) is 0.632. The van der Waals surface area contributed by atoms with Gasteiger partial charge in [-0.3, -0.25) is 14.4 Å². The lowest BCUT2D eigenvalue weighted by Crippen LogP contribution is -2.29. The van der Waals surface area contributed by atoms with E-state index in [2.05, 4.69) is 15.3 Å². The van der Waals surface area contributed by atoms with Crippen LogP contribution in [0.2, 0.25) is 5.02 Å². The van der Waals surface area contributed by atoms with Crippen molar-refractivity contribution in [3.63, 3.8) is 0 Å². The third-order valence-corrected chi connectivity index (χ3v) is 3.69. The number of rotatable bonds is 3. The van der Waals surface area contributed by atoms with E-state index in [1.165, 1.54) is 19.2 Å². The molecule has 0 bridgehead atoms. The van der Waals surface area contributed by atoms with Crippen LogP contribution < -0.4 is 21.2 Å². The Hall–Kier alpha value is -3.06. The van der Waals surface area contributed by atoms with E-state index in [0.29, 0.717) is 33.1 Å². The molecular formula is C16H12ClN3O4. The van der Waals surface area contributed by atoms with Crippen molar-refractivity contribution >= 4 is 34.2 Å². The molecule has 0 aliphatic rings. The van der Waals surface area contributed by atoms with Gasteiger partial charge in [0.1, 0.15) is 5.75 Å². The van der Waals surface area contributed by atoms with E-state index in [4.69, 9.17) is 16.3 Å². The molecule has 7 nitrogen and oxygen atoms in total. The molecule has 122 valence electrons. The van der Waals surface area contributed by atoms with Crippen molar-refractivity contribution in [3.05, 3.63) is 67.7 Å². The number of aromatic nitrogens is 2. The maximum Gasteiger partial charge on any atom is 0.314 e. The zero-order valence-electron chi connectivity index (χ0n) is 12.5. The average molecular weight is 346 g/mol. The highest BCUT2D eigenvalue weighted by molar-refractivity contribution is 6.32. The standard InChI is InChI=1S/C16H12ClN3O4/c1-24-13-5-3-9(7-10(13)17)18-14(21)8-2-4-11-12(6-8)20-16(23)15(22)19-11/h2-7H,1H3,(H,18,21)(H,19,22)(H,20,23). The molecule has 0 saturated carbocycles. The second-order valence-electron chi connectivity index (χ2n) is 4.97. The maximum atomic E-state index is 12.3. The first kappa shape index (κ1) is 15.8. The van der Waals surface area contributed by atoms with Gasteiger partial charge in [-0.2, -0.15) is 0 Å².